The van der Waals surface area contributed by atoms with Gasteiger partial charge in [-0.15, -0.1) is 0 Å². The standard InChI is InChI=1S/C16H23Br2NO/c1-6-20-15-13(17)8-12(9-14(15)18)7-11(2)10-19-16(3,4)5/h7-9,19H,6,10H2,1-5H3. The van der Waals surface area contributed by atoms with Gasteiger partial charge in [0.05, 0.1) is 15.6 Å². The van der Waals surface area contributed by atoms with Crippen molar-refractivity contribution in [3.05, 3.63) is 32.2 Å². The highest BCUT2D eigenvalue weighted by atomic mass is 79.9. The minimum Gasteiger partial charge on any atom is -0.492 e. The molecule has 0 heterocycles. The maximum Gasteiger partial charge on any atom is 0.147 e. The highest BCUT2D eigenvalue weighted by Gasteiger charge is 2.09. The maximum atomic E-state index is 5.59. The predicted octanol–water partition coefficient (Wildman–Crippen LogP) is 5.40. The van der Waals surface area contributed by atoms with E-state index in [-0.39, 0.29) is 5.54 Å². The molecule has 1 aromatic carbocycles. The number of benzene rings is 1. The summed E-state index contributed by atoms with van der Waals surface area (Å²) in [5, 5.41) is 3.49. The van der Waals surface area contributed by atoms with Gasteiger partial charge in [-0.1, -0.05) is 11.6 Å². The largest absolute Gasteiger partial charge is 0.492 e. The number of rotatable bonds is 5. The quantitative estimate of drug-likeness (QED) is 0.708. The zero-order valence-electron chi connectivity index (χ0n) is 12.8. The van der Waals surface area contributed by atoms with Crippen LogP contribution in [-0.2, 0) is 0 Å². The van der Waals surface area contributed by atoms with E-state index in [4.69, 9.17) is 4.74 Å². The Morgan fingerprint density at radius 1 is 1.25 bits per heavy atom. The molecule has 1 N–H and O–H groups in total. The number of hydrogen-bond acceptors (Lipinski definition) is 2. The first-order chi connectivity index (χ1) is 9.23. The van der Waals surface area contributed by atoms with Crippen LogP contribution in [0.3, 0.4) is 0 Å². The van der Waals surface area contributed by atoms with Gasteiger partial charge in [-0.3, -0.25) is 0 Å². The minimum absolute atomic E-state index is 0.134. The fourth-order valence-corrected chi connectivity index (χ4v) is 3.14. The summed E-state index contributed by atoms with van der Waals surface area (Å²) >= 11 is 7.12. The summed E-state index contributed by atoms with van der Waals surface area (Å²) in [6, 6.07) is 4.16. The van der Waals surface area contributed by atoms with E-state index in [2.05, 4.69) is 83.1 Å². The average molecular weight is 405 g/mol. The number of ether oxygens (including phenoxy) is 1. The highest BCUT2D eigenvalue weighted by molar-refractivity contribution is 9.11. The van der Waals surface area contributed by atoms with E-state index in [1.807, 2.05) is 6.92 Å². The van der Waals surface area contributed by atoms with E-state index in [0.717, 1.165) is 26.8 Å². The van der Waals surface area contributed by atoms with E-state index < -0.39 is 0 Å². The fourth-order valence-electron chi connectivity index (χ4n) is 1.69. The summed E-state index contributed by atoms with van der Waals surface area (Å²) in [6.07, 6.45) is 2.18. The average Bonchev–Trinajstić information content (AvgIpc) is 2.30. The van der Waals surface area contributed by atoms with Crippen molar-refractivity contribution in [3.63, 3.8) is 0 Å². The molecule has 0 atom stereocenters. The molecule has 0 aliphatic heterocycles. The molecule has 1 rings (SSSR count). The summed E-state index contributed by atoms with van der Waals surface area (Å²) < 4.78 is 7.53. The molecule has 0 bridgehead atoms. The lowest BCUT2D eigenvalue weighted by atomic mass is 10.1. The summed E-state index contributed by atoms with van der Waals surface area (Å²) in [6.45, 7) is 12.2. The van der Waals surface area contributed by atoms with E-state index in [1.54, 1.807) is 0 Å². The first-order valence-corrected chi connectivity index (χ1v) is 8.35. The molecule has 1 aromatic rings. The first kappa shape index (κ1) is 17.7. The Bertz CT molecular complexity index is 467. The summed E-state index contributed by atoms with van der Waals surface area (Å²) in [5.74, 6) is 0.857. The molecule has 20 heavy (non-hydrogen) atoms. The smallest absolute Gasteiger partial charge is 0.147 e. The number of halogens is 2. The molecule has 0 saturated heterocycles. The van der Waals surface area contributed by atoms with Crippen LogP contribution >= 0.6 is 31.9 Å². The fraction of sp³-hybridized carbons (Fsp3) is 0.500. The van der Waals surface area contributed by atoms with Crippen LogP contribution in [0.5, 0.6) is 5.75 Å². The summed E-state index contributed by atoms with van der Waals surface area (Å²) in [7, 11) is 0. The molecule has 0 saturated carbocycles. The second-order valence-corrected chi connectivity index (χ2v) is 7.55. The Balaban J connectivity index is 2.87. The van der Waals surface area contributed by atoms with Gasteiger partial charge in [0.15, 0.2) is 0 Å². The van der Waals surface area contributed by atoms with Crippen molar-refractivity contribution in [2.75, 3.05) is 13.2 Å². The molecule has 0 radical (unpaired) electrons. The normalized spacial score (nSPS) is 12.7. The van der Waals surface area contributed by atoms with Crippen molar-refractivity contribution in [2.24, 2.45) is 0 Å². The van der Waals surface area contributed by atoms with Crippen molar-refractivity contribution in [3.8, 4) is 5.75 Å². The Morgan fingerprint density at radius 3 is 2.25 bits per heavy atom. The molecule has 0 spiro atoms. The predicted molar refractivity (Wildman–Crippen MR) is 94.4 cm³/mol. The van der Waals surface area contributed by atoms with Gasteiger partial charge in [-0.05, 0) is 84.2 Å². The second-order valence-electron chi connectivity index (χ2n) is 5.84. The van der Waals surface area contributed by atoms with Gasteiger partial charge in [-0.2, -0.15) is 0 Å². The van der Waals surface area contributed by atoms with Crippen molar-refractivity contribution in [1.82, 2.24) is 5.32 Å². The zero-order chi connectivity index (χ0) is 15.3. The van der Waals surface area contributed by atoms with Crippen molar-refractivity contribution >= 4 is 37.9 Å². The van der Waals surface area contributed by atoms with Gasteiger partial charge in [0.1, 0.15) is 5.75 Å². The Kier molecular flexibility index (Phi) is 6.76. The van der Waals surface area contributed by atoms with Gasteiger partial charge >= 0.3 is 0 Å². The maximum absolute atomic E-state index is 5.59. The van der Waals surface area contributed by atoms with Gasteiger partial charge in [-0.25, -0.2) is 0 Å². The molecule has 112 valence electrons. The molecule has 2 nitrogen and oxygen atoms in total. The topological polar surface area (TPSA) is 21.3 Å². The first-order valence-electron chi connectivity index (χ1n) is 6.77. The van der Waals surface area contributed by atoms with Gasteiger partial charge in [0.2, 0.25) is 0 Å². The molecule has 0 amide bonds. The molecule has 0 unspecified atom stereocenters. The van der Waals surface area contributed by atoms with Gasteiger partial charge < -0.3 is 10.1 Å². The lowest BCUT2D eigenvalue weighted by Gasteiger charge is -2.20. The molecule has 0 aromatic heterocycles. The van der Waals surface area contributed by atoms with Crippen LogP contribution in [0.2, 0.25) is 0 Å². The number of nitrogens with one attached hydrogen (secondary N) is 1. The molecular weight excluding hydrogens is 382 g/mol. The molecule has 4 heteroatoms. The van der Waals surface area contributed by atoms with Crippen molar-refractivity contribution < 1.29 is 4.74 Å². The SMILES string of the molecule is CCOc1c(Br)cc(C=C(C)CNC(C)(C)C)cc1Br. The summed E-state index contributed by atoms with van der Waals surface area (Å²) in [4.78, 5) is 0. The summed E-state index contributed by atoms with van der Waals surface area (Å²) in [5.41, 5.74) is 2.58. The molecule has 0 fully saturated rings. The lowest BCUT2D eigenvalue weighted by molar-refractivity contribution is 0.336. The van der Waals surface area contributed by atoms with E-state index in [1.165, 1.54) is 5.57 Å². The third-order valence-corrected chi connectivity index (χ3v) is 3.80. The van der Waals surface area contributed by atoms with Gasteiger partial charge in [0.25, 0.3) is 0 Å². The third kappa shape index (κ3) is 5.98. The van der Waals surface area contributed by atoms with Crippen LogP contribution in [-0.4, -0.2) is 18.7 Å². The van der Waals surface area contributed by atoms with Crippen LogP contribution in [0, 0.1) is 0 Å². The van der Waals surface area contributed by atoms with Crippen molar-refractivity contribution in [1.29, 1.82) is 0 Å². The monoisotopic (exact) mass is 403 g/mol. The third-order valence-electron chi connectivity index (χ3n) is 2.62. The second kappa shape index (κ2) is 7.62. The highest BCUT2D eigenvalue weighted by Crippen LogP contribution is 2.35. The Labute approximate surface area is 139 Å². The van der Waals surface area contributed by atoms with Gasteiger partial charge in [0, 0.05) is 12.1 Å². The molecular formula is C16H23Br2NO. The van der Waals surface area contributed by atoms with E-state index in [9.17, 15) is 0 Å². The van der Waals surface area contributed by atoms with Crippen LogP contribution in [0.25, 0.3) is 6.08 Å². The van der Waals surface area contributed by atoms with Crippen LogP contribution in [0.15, 0.2) is 26.7 Å². The lowest BCUT2D eigenvalue weighted by Crippen LogP contribution is -2.36. The number of hydrogen-bond donors (Lipinski definition) is 1. The van der Waals surface area contributed by atoms with Crippen LogP contribution in [0.1, 0.15) is 40.2 Å². The van der Waals surface area contributed by atoms with E-state index in [0.29, 0.717) is 6.61 Å². The minimum atomic E-state index is 0.134. The van der Waals surface area contributed by atoms with Crippen LogP contribution < -0.4 is 10.1 Å². The van der Waals surface area contributed by atoms with Crippen molar-refractivity contribution in [2.45, 2.75) is 40.2 Å². The Hall–Kier alpha value is -0.320. The van der Waals surface area contributed by atoms with Crippen LogP contribution in [0.4, 0.5) is 0 Å². The Morgan fingerprint density at radius 2 is 1.80 bits per heavy atom. The van der Waals surface area contributed by atoms with E-state index >= 15 is 0 Å². The molecule has 0 aliphatic rings. The zero-order valence-corrected chi connectivity index (χ0v) is 16.0. The molecule has 0 aliphatic carbocycles.